The number of aliphatic hydroxyl groups excluding tert-OH is 2. The lowest BCUT2D eigenvalue weighted by molar-refractivity contribution is -0.143. The molecule has 1 aromatic heterocycles. The minimum Gasteiger partial charge on any atom is -0.480 e. The van der Waals surface area contributed by atoms with Crippen molar-refractivity contribution in [1.82, 2.24) is 95.4 Å². The van der Waals surface area contributed by atoms with Gasteiger partial charge in [0.1, 0.15) is 90.6 Å². The molecule has 0 aliphatic rings. The van der Waals surface area contributed by atoms with Gasteiger partial charge in [-0.3, -0.25) is 82.7 Å². The van der Waals surface area contributed by atoms with Gasteiger partial charge in [0.15, 0.2) is 11.9 Å². The van der Waals surface area contributed by atoms with Gasteiger partial charge in [0.05, 0.1) is 18.8 Å². The largest absolute Gasteiger partial charge is 0.480 e. The number of aliphatic hydroxyl groups is 2. The summed E-state index contributed by atoms with van der Waals surface area (Å²) in [6.07, 6.45) is 1.94. The van der Waals surface area contributed by atoms with Gasteiger partial charge in [-0.1, -0.05) is 138 Å². The van der Waals surface area contributed by atoms with Crippen molar-refractivity contribution in [1.29, 1.82) is 10.8 Å². The molecule has 134 heavy (non-hydrogen) atoms. The van der Waals surface area contributed by atoms with Gasteiger partial charge < -0.3 is 128 Å². The van der Waals surface area contributed by atoms with Gasteiger partial charge in [0.25, 0.3) is 0 Å². The number of carboxylic acids is 1. The van der Waals surface area contributed by atoms with Crippen LogP contribution in [-0.4, -0.2) is 279 Å². The summed E-state index contributed by atoms with van der Waals surface area (Å²) in [5.41, 5.74) is 18.9. The number of rotatable bonds is 62. The highest BCUT2D eigenvalue weighted by molar-refractivity contribution is 7.98. The normalized spacial score (nSPS) is 15.4. The maximum atomic E-state index is 15.0. The van der Waals surface area contributed by atoms with Crippen LogP contribution in [0.4, 0.5) is 0 Å². The smallest absolute Gasteiger partial charge is 0.326 e. The van der Waals surface area contributed by atoms with E-state index in [1.807, 2.05) is 6.92 Å². The predicted molar refractivity (Wildman–Crippen MR) is 520 cm³/mol. The molecule has 3 rings (SSSR count). The van der Waals surface area contributed by atoms with E-state index in [-0.39, 0.29) is 125 Å². The van der Waals surface area contributed by atoms with E-state index in [9.17, 15) is 87.2 Å². The number of carbonyl (C=O) groups excluding carboxylic acids is 15. The van der Waals surface area contributed by atoms with Gasteiger partial charge in [-0.15, -0.1) is 0 Å². The number of aromatic nitrogens is 1. The number of hydrogen-bond donors (Lipinski definition) is 29. The van der Waals surface area contributed by atoms with Gasteiger partial charge in [0.2, 0.25) is 88.6 Å². The molecule has 0 aliphatic heterocycles. The van der Waals surface area contributed by atoms with E-state index < -0.39 is 227 Å². The molecule has 0 spiro atoms. The maximum absolute atomic E-state index is 15.0. The highest BCUT2D eigenvalue weighted by Gasteiger charge is 2.41. The molecular formula is C88H145N23O19S4. The molecule has 0 saturated carbocycles. The number of nitrogens with one attached hydrogen (secondary N) is 20. The van der Waals surface area contributed by atoms with Crippen LogP contribution in [0.5, 0.6) is 0 Å². The van der Waals surface area contributed by atoms with E-state index in [1.54, 1.807) is 143 Å². The summed E-state index contributed by atoms with van der Waals surface area (Å²) >= 11 is 14.5. The quantitative estimate of drug-likeness (QED) is 0.0125. The molecule has 42 nitrogen and oxygen atoms in total. The van der Waals surface area contributed by atoms with Crippen molar-refractivity contribution in [3.63, 3.8) is 0 Å². The Morgan fingerprint density at radius 1 is 0.410 bits per heavy atom. The van der Waals surface area contributed by atoms with Crippen LogP contribution in [-0.2, 0) is 89.6 Å². The number of carboxylic acid groups (broad SMARTS) is 1. The van der Waals surface area contributed by atoms with Crippen molar-refractivity contribution in [2.24, 2.45) is 52.7 Å². The van der Waals surface area contributed by atoms with Crippen LogP contribution in [0.1, 0.15) is 165 Å². The monoisotopic (exact) mass is 1960 g/mol. The first-order valence-electron chi connectivity index (χ1n) is 45.0. The molecule has 29 N–H and O–H groups in total. The zero-order valence-electron chi connectivity index (χ0n) is 78.8. The van der Waals surface area contributed by atoms with Gasteiger partial charge in [-0.25, -0.2) is 4.79 Å². The van der Waals surface area contributed by atoms with E-state index in [0.717, 1.165) is 0 Å². The number of H-pyrrole nitrogens is 1. The van der Waals surface area contributed by atoms with Crippen molar-refractivity contribution < 1.29 is 92.0 Å². The van der Waals surface area contributed by atoms with Crippen LogP contribution in [0.15, 0.2) is 60.8 Å². The Bertz CT molecular complexity index is 4380. The fourth-order valence-corrected chi connectivity index (χ4v) is 15.2. The summed E-state index contributed by atoms with van der Waals surface area (Å²) in [7, 11) is 0. The Hall–Kier alpha value is -10.7. The Morgan fingerprint density at radius 3 is 1.10 bits per heavy atom. The van der Waals surface area contributed by atoms with Crippen molar-refractivity contribution >= 4 is 167 Å². The minimum absolute atomic E-state index is 0.00262. The minimum atomic E-state index is -1.88. The van der Waals surface area contributed by atoms with Crippen LogP contribution in [0.3, 0.4) is 0 Å². The summed E-state index contributed by atoms with van der Waals surface area (Å²) < 4.78 is 0. The number of carbonyl (C=O) groups is 16. The average molecular weight is 1960 g/mol. The van der Waals surface area contributed by atoms with Crippen molar-refractivity contribution in [3.8, 4) is 0 Å². The van der Waals surface area contributed by atoms with Crippen LogP contribution in [0.2, 0.25) is 0 Å². The van der Waals surface area contributed by atoms with E-state index in [2.05, 4.69) is 133 Å². The first-order valence-corrected chi connectivity index (χ1v) is 48.3. The fourth-order valence-electron chi connectivity index (χ4n) is 13.9. The number of thiol groups is 3. The van der Waals surface area contributed by atoms with Crippen LogP contribution in [0.25, 0.3) is 10.9 Å². The molecule has 15 amide bonds. The molecule has 2 aromatic carbocycles. The first-order chi connectivity index (χ1) is 63.1. The number of thioether (sulfide) groups is 1. The second kappa shape index (κ2) is 60.6. The Kier molecular flexibility index (Phi) is 53.2. The number of amides is 15. The number of guanidine groups is 2. The van der Waals surface area contributed by atoms with Crippen molar-refractivity contribution in [2.45, 2.75) is 270 Å². The summed E-state index contributed by atoms with van der Waals surface area (Å²) in [6.45, 7) is 21.1. The third-order valence-electron chi connectivity index (χ3n) is 21.6. The summed E-state index contributed by atoms with van der Waals surface area (Å²) in [5, 5.41) is 91.8. The highest BCUT2D eigenvalue weighted by atomic mass is 32.2. The third kappa shape index (κ3) is 41.7. The lowest BCUT2D eigenvalue weighted by atomic mass is 9.98. The molecular weight excluding hydrogens is 1810 g/mol. The fraction of sp³-hybridized carbons (Fsp3) is 0.636. The SMILES string of the molecule is CC[C@H](C)[C@H](N)C(=O)N[C@@H](CCCNC(=N)N)C(=O)N[C@@H](CCSC)C(=O)N[C@@H](CS)C(=O)N[C@@H](CC(C)C)C(=O)N[C@@H](CCCNC(=N)N)C(=O)N[C@@H](Cc1c[nH]c2ccccc12)C(=O)N[C@@H](CO)C(=O)N[C@@H](CS)C(=O)N[C@@H](Cc1ccccc1)C(=O)N[C@@H](CS)C(=O)N[C@@H](CC(C)C)C(=O)N[C@@H](CC(C)C)C(=O)N[C@H](C(=O)N[C@@H](CC(C)C)C(=O)N[C@H](C(=O)O)C(C)C)[C@@H](C)O. The summed E-state index contributed by atoms with van der Waals surface area (Å²) in [4.78, 5) is 230. The van der Waals surface area contributed by atoms with Crippen molar-refractivity contribution in [3.05, 3.63) is 71.9 Å². The molecule has 0 radical (unpaired) electrons. The number of para-hydroxylation sites is 1. The van der Waals surface area contributed by atoms with Crippen molar-refractivity contribution in [2.75, 3.05) is 49.0 Å². The number of aromatic amines is 1. The number of benzene rings is 2. The second-order valence-corrected chi connectivity index (χ2v) is 37.3. The lowest BCUT2D eigenvalue weighted by Gasteiger charge is -2.30. The first kappa shape index (κ1) is 117. The molecule has 0 unspecified atom stereocenters. The molecule has 1 heterocycles. The molecule has 0 bridgehead atoms. The van der Waals surface area contributed by atoms with E-state index in [0.29, 0.717) is 34.2 Å². The molecule has 3 aromatic rings. The zero-order valence-corrected chi connectivity index (χ0v) is 82.3. The highest BCUT2D eigenvalue weighted by Crippen LogP contribution is 2.22. The van der Waals surface area contributed by atoms with Crippen LogP contribution >= 0.6 is 49.6 Å². The van der Waals surface area contributed by atoms with E-state index in [1.165, 1.54) is 18.7 Å². The molecule has 0 fully saturated rings. The number of aliphatic carboxylic acids is 1. The van der Waals surface area contributed by atoms with Gasteiger partial charge in [-0.2, -0.15) is 49.6 Å². The molecule has 750 valence electrons. The lowest BCUT2D eigenvalue weighted by Crippen LogP contribution is -2.62. The number of nitrogens with two attached hydrogens (primary N) is 3. The standard InChI is InChI=1S/C88H145N23O19S4/c1-15-49(12)68(89)84(127)99-56(28-22-31-95-88(92)93)71(114)98-57(29-32-134-14)73(116)107-65(41-131)81(124)101-58(33-44(2)3)74(117)97-55(27-21-30-94-87(90)91)72(115)104-63(38-52-39-96-54-26-20-19-25-53(52)54)77(120)106-64(40-112)80(123)109-67(43-133)83(126)103-62(37-51-23-17-16-18-24-51)76(119)108-66(42-132)82(125)102-59(34-45(4)5)75(118)100-60(35-46(6)7)79(122)111-70(50(13)113)85(128)105-61(36-47(8)9)78(121)110-69(48(10)11)86(129)130/h16-20,23-26,39,44-50,55-70,96,112-113,131-133H,15,21-22,27-38,40-43,89H2,1-14H3,(H,97,117)(H,98,114)(H,99,127)(H,100,118)(H,101,124)(H,102,125)(H,103,126)(H,104,115)(H,105,128)(H,106,120)(H,107,116)(H,108,119)(H,109,123)(H,110,121)(H,111,122)(H,129,130)(H4,90,91,94)(H4,92,93,95)/t49-,50+,55-,56-,57-,58-,59-,60-,61-,62-,63-,64-,65-,66-,67-,68-,69-,70-/m0/s1. The van der Waals surface area contributed by atoms with Crippen LogP contribution in [0, 0.1) is 46.3 Å². The summed E-state index contributed by atoms with van der Waals surface area (Å²) in [6, 6.07) is -7.91. The Balaban J connectivity index is 1.97. The molecule has 0 aliphatic carbocycles. The van der Waals surface area contributed by atoms with E-state index >= 15 is 4.79 Å². The maximum Gasteiger partial charge on any atom is 0.326 e. The number of hydrogen-bond acceptors (Lipinski definition) is 25. The summed E-state index contributed by atoms with van der Waals surface area (Å²) in [5.74, 6) is -18.4. The van der Waals surface area contributed by atoms with Gasteiger partial charge >= 0.3 is 5.97 Å². The third-order valence-corrected chi connectivity index (χ3v) is 23.3. The average Bonchev–Trinajstić information content (AvgIpc) is 1.76. The van der Waals surface area contributed by atoms with Gasteiger partial charge in [0, 0.05) is 60.3 Å². The Labute approximate surface area is 804 Å². The number of fused-ring (bicyclic) bond motifs is 1. The molecule has 46 heteroatoms. The second-order valence-electron chi connectivity index (χ2n) is 35.3. The molecule has 18 atom stereocenters. The zero-order chi connectivity index (χ0) is 101. The molecule has 0 saturated heterocycles. The predicted octanol–water partition coefficient (Wildman–Crippen LogP) is -2.03. The van der Waals surface area contributed by atoms with Gasteiger partial charge in [-0.05, 0) is 129 Å². The van der Waals surface area contributed by atoms with Crippen LogP contribution < -0.4 is 108 Å². The Morgan fingerprint density at radius 2 is 0.731 bits per heavy atom. The van der Waals surface area contributed by atoms with E-state index in [4.69, 9.17) is 28.0 Å². The topological polar surface area (TPSA) is 680 Å².